The van der Waals surface area contributed by atoms with Gasteiger partial charge in [-0.05, 0) is 29.8 Å². The Balaban J connectivity index is 1.96. The van der Waals surface area contributed by atoms with Gasteiger partial charge in [-0.3, -0.25) is 15.0 Å². The third-order valence-electron chi connectivity index (χ3n) is 3.84. The Kier molecular flexibility index (Phi) is 4.79. The first-order valence-corrected chi connectivity index (χ1v) is 8.11. The van der Waals surface area contributed by atoms with E-state index in [0.717, 1.165) is 22.9 Å². The summed E-state index contributed by atoms with van der Waals surface area (Å²) in [7, 11) is 0. The number of nitrogens with one attached hydrogen (secondary N) is 1. The highest BCUT2D eigenvalue weighted by atomic mass is 19.1. The van der Waals surface area contributed by atoms with E-state index in [0.29, 0.717) is 16.7 Å². The topological polar surface area (TPSA) is 64.0 Å². The average Bonchev–Trinajstić information content (AvgIpc) is 2.56. The van der Waals surface area contributed by atoms with Crippen molar-refractivity contribution in [1.29, 1.82) is 0 Å². The molecule has 2 aromatic carbocycles. The first kappa shape index (κ1) is 17.7. The van der Waals surface area contributed by atoms with Crippen LogP contribution in [-0.4, -0.2) is 15.6 Å². The molecule has 0 saturated heterocycles. The van der Waals surface area contributed by atoms with Gasteiger partial charge in [0.05, 0.1) is 17.3 Å². The Bertz CT molecular complexity index is 1020. The van der Waals surface area contributed by atoms with Gasteiger partial charge in [-0.15, -0.1) is 0 Å². The summed E-state index contributed by atoms with van der Waals surface area (Å²) in [4.78, 5) is 29.5. The predicted octanol–water partition coefficient (Wildman–Crippen LogP) is 3.11. The molecule has 0 fully saturated rings. The van der Waals surface area contributed by atoms with Crippen LogP contribution in [-0.2, 0) is 11.2 Å². The minimum atomic E-state index is -0.764. The van der Waals surface area contributed by atoms with Gasteiger partial charge in [0.1, 0.15) is 17.5 Å². The Labute approximate surface area is 148 Å². The van der Waals surface area contributed by atoms with Crippen molar-refractivity contribution in [3.05, 3.63) is 75.8 Å². The lowest BCUT2D eigenvalue weighted by Crippen LogP contribution is -2.37. The maximum absolute atomic E-state index is 13.3. The molecule has 3 rings (SSSR count). The molecule has 1 aromatic heterocycles. The summed E-state index contributed by atoms with van der Waals surface area (Å²) in [6.07, 6.45) is -0.272. The van der Waals surface area contributed by atoms with Gasteiger partial charge in [0.15, 0.2) is 0 Å². The van der Waals surface area contributed by atoms with Crippen molar-refractivity contribution in [2.75, 3.05) is 5.43 Å². The highest BCUT2D eigenvalue weighted by Crippen LogP contribution is 2.14. The van der Waals surface area contributed by atoms with E-state index in [-0.39, 0.29) is 17.9 Å². The first-order chi connectivity index (χ1) is 12.3. The number of rotatable bonds is 4. The Hall–Kier alpha value is -3.09. The van der Waals surface area contributed by atoms with Crippen LogP contribution in [0.4, 0.5) is 8.78 Å². The number of halogens is 2. The van der Waals surface area contributed by atoms with Crippen LogP contribution in [0.3, 0.4) is 0 Å². The van der Waals surface area contributed by atoms with Crippen LogP contribution in [0.2, 0.25) is 0 Å². The lowest BCUT2D eigenvalue weighted by molar-refractivity contribution is -0.116. The number of nitrogens with zero attached hydrogens (tertiary/aromatic N) is 2. The molecule has 1 amide bonds. The number of para-hydroxylation sites is 1. The van der Waals surface area contributed by atoms with Crippen LogP contribution in [0.1, 0.15) is 31.2 Å². The van der Waals surface area contributed by atoms with Gasteiger partial charge in [0.2, 0.25) is 5.91 Å². The molecule has 1 N–H and O–H groups in total. The maximum atomic E-state index is 13.3. The zero-order chi connectivity index (χ0) is 18.8. The monoisotopic (exact) mass is 357 g/mol. The van der Waals surface area contributed by atoms with Crippen LogP contribution in [0.15, 0.2) is 47.3 Å². The minimum absolute atomic E-state index is 0.126. The van der Waals surface area contributed by atoms with Crippen LogP contribution < -0.4 is 11.0 Å². The molecule has 0 aliphatic carbocycles. The second-order valence-electron chi connectivity index (χ2n) is 6.27. The molecule has 7 heteroatoms. The lowest BCUT2D eigenvalue weighted by Gasteiger charge is -2.16. The molecule has 5 nitrogen and oxygen atoms in total. The molecule has 0 unspecified atom stereocenters. The van der Waals surface area contributed by atoms with Crippen LogP contribution >= 0.6 is 0 Å². The molecule has 0 spiro atoms. The second kappa shape index (κ2) is 7.03. The summed E-state index contributed by atoms with van der Waals surface area (Å²) in [5, 5.41) is 0.369. The third kappa shape index (κ3) is 3.61. The summed E-state index contributed by atoms with van der Waals surface area (Å²) in [6, 6.07) is 9.73. The normalized spacial score (nSPS) is 11.1. The number of hydrogen-bond donors (Lipinski definition) is 1. The van der Waals surface area contributed by atoms with Gasteiger partial charge in [0, 0.05) is 12.0 Å². The van der Waals surface area contributed by atoms with Crippen molar-refractivity contribution in [3.63, 3.8) is 0 Å². The molecule has 0 aliphatic heterocycles. The van der Waals surface area contributed by atoms with E-state index in [1.807, 2.05) is 13.8 Å². The predicted molar refractivity (Wildman–Crippen MR) is 94.5 cm³/mol. The Morgan fingerprint density at radius 1 is 1.15 bits per heavy atom. The van der Waals surface area contributed by atoms with E-state index < -0.39 is 23.1 Å². The van der Waals surface area contributed by atoms with Gasteiger partial charge in [-0.25, -0.2) is 18.4 Å². The summed E-state index contributed by atoms with van der Waals surface area (Å²) < 4.78 is 27.7. The van der Waals surface area contributed by atoms with Gasteiger partial charge < -0.3 is 0 Å². The standard InChI is InChI=1S/C19H17F2N3O2/c1-11(2)18-22-16-6-4-3-5-15(16)19(26)24(18)23-17(25)9-12-7-13(20)10-14(21)8-12/h3-8,10-11H,9H2,1-2H3,(H,23,25). The molecule has 0 radical (unpaired) electrons. The molecule has 26 heavy (non-hydrogen) atoms. The van der Waals surface area contributed by atoms with E-state index in [2.05, 4.69) is 10.4 Å². The maximum Gasteiger partial charge on any atom is 0.280 e. The molecule has 134 valence electrons. The number of carbonyl (C=O) groups excluding carboxylic acids is 1. The summed E-state index contributed by atoms with van der Waals surface area (Å²) in [5.74, 6) is -1.83. The van der Waals surface area contributed by atoms with E-state index >= 15 is 0 Å². The van der Waals surface area contributed by atoms with Crippen molar-refractivity contribution in [1.82, 2.24) is 9.66 Å². The Morgan fingerprint density at radius 3 is 2.46 bits per heavy atom. The number of fused-ring (bicyclic) bond motifs is 1. The average molecular weight is 357 g/mol. The SMILES string of the molecule is CC(C)c1nc2ccccc2c(=O)n1NC(=O)Cc1cc(F)cc(F)c1. The summed E-state index contributed by atoms with van der Waals surface area (Å²) in [6.45, 7) is 3.70. The van der Waals surface area contributed by atoms with Crippen LogP contribution in [0, 0.1) is 11.6 Å². The van der Waals surface area contributed by atoms with Crippen LogP contribution in [0.5, 0.6) is 0 Å². The zero-order valence-corrected chi connectivity index (χ0v) is 14.3. The smallest absolute Gasteiger partial charge is 0.273 e. The molecule has 0 atom stereocenters. The fourth-order valence-corrected chi connectivity index (χ4v) is 2.71. The lowest BCUT2D eigenvalue weighted by atomic mass is 10.1. The van der Waals surface area contributed by atoms with E-state index in [1.54, 1.807) is 24.3 Å². The molecular formula is C19H17F2N3O2. The molecular weight excluding hydrogens is 340 g/mol. The van der Waals surface area contributed by atoms with E-state index in [1.165, 1.54) is 0 Å². The van der Waals surface area contributed by atoms with Crippen molar-refractivity contribution in [3.8, 4) is 0 Å². The molecule has 1 heterocycles. The number of amides is 1. The van der Waals surface area contributed by atoms with Gasteiger partial charge in [-0.2, -0.15) is 0 Å². The largest absolute Gasteiger partial charge is 0.280 e. The van der Waals surface area contributed by atoms with E-state index in [4.69, 9.17) is 0 Å². The van der Waals surface area contributed by atoms with Crippen molar-refractivity contribution in [2.24, 2.45) is 0 Å². The second-order valence-corrected chi connectivity index (χ2v) is 6.27. The summed E-state index contributed by atoms with van der Waals surface area (Å²) >= 11 is 0. The number of aromatic nitrogens is 2. The Morgan fingerprint density at radius 2 is 1.81 bits per heavy atom. The minimum Gasteiger partial charge on any atom is -0.273 e. The van der Waals surface area contributed by atoms with Gasteiger partial charge in [-0.1, -0.05) is 26.0 Å². The highest BCUT2D eigenvalue weighted by Gasteiger charge is 2.16. The molecule has 0 aliphatic rings. The fourth-order valence-electron chi connectivity index (χ4n) is 2.71. The summed E-state index contributed by atoms with van der Waals surface area (Å²) in [5.41, 5.74) is 2.81. The molecule has 0 bridgehead atoms. The fraction of sp³-hybridized carbons (Fsp3) is 0.211. The molecule has 3 aromatic rings. The van der Waals surface area contributed by atoms with Crippen LogP contribution in [0.25, 0.3) is 10.9 Å². The van der Waals surface area contributed by atoms with Crippen molar-refractivity contribution >= 4 is 16.8 Å². The van der Waals surface area contributed by atoms with Crippen molar-refractivity contribution in [2.45, 2.75) is 26.2 Å². The van der Waals surface area contributed by atoms with E-state index in [9.17, 15) is 18.4 Å². The van der Waals surface area contributed by atoms with Gasteiger partial charge in [0.25, 0.3) is 5.56 Å². The molecule has 0 saturated carbocycles. The third-order valence-corrected chi connectivity index (χ3v) is 3.84. The zero-order valence-electron chi connectivity index (χ0n) is 14.3. The van der Waals surface area contributed by atoms with Gasteiger partial charge >= 0.3 is 0 Å². The van der Waals surface area contributed by atoms with Crippen molar-refractivity contribution < 1.29 is 13.6 Å². The quantitative estimate of drug-likeness (QED) is 0.780. The number of benzene rings is 2. The first-order valence-electron chi connectivity index (χ1n) is 8.11. The highest BCUT2D eigenvalue weighted by molar-refractivity contribution is 5.86. The number of hydrogen-bond acceptors (Lipinski definition) is 3. The number of carbonyl (C=O) groups is 1.